The topological polar surface area (TPSA) is 105 Å². The third kappa shape index (κ3) is 4.19. The molecule has 0 atom stereocenters. The van der Waals surface area contributed by atoms with Crippen molar-refractivity contribution in [3.63, 3.8) is 0 Å². The number of carboxylic acid groups (broad SMARTS) is 1. The molecule has 0 unspecified atom stereocenters. The first-order valence-corrected chi connectivity index (χ1v) is 7.96. The zero-order valence-corrected chi connectivity index (χ0v) is 14.4. The summed E-state index contributed by atoms with van der Waals surface area (Å²) >= 11 is 0. The summed E-state index contributed by atoms with van der Waals surface area (Å²) in [6.45, 7) is 0.307. The van der Waals surface area contributed by atoms with Gasteiger partial charge in [0.05, 0.1) is 18.2 Å². The van der Waals surface area contributed by atoms with Gasteiger partial charge in [-0.1, -0.05) is 6.07 Å². The number of methoxy groups -OCH3 is 1. The van der Waals surface area contributed by atoms with Crippen molar-refractivity contribution in [2.75, 3.05) is 7.11 Å². The van der Waals surface area contributed by atoms with Gasteiger partial charge in [-0.15, -0.1) is 0 Å². The van der Waals surface area contributed by atoms with E-state index in [2.05, 4.69) is 16.0 Å². The quantitative estimate of drug-likeness (QED) is 0.718. The Balaban J connectivity index is 1.67. The van der Waals surface area contributed by atoms with Crippen LogP contribution in [0.4, 0.5) is 0 Å². The van der Waals surface area contributed by atoms with E-state index in [0.29, 0.717) is 29.5 Å². The molecule has 0 saturated carbocycles. The lowest BCUT2D eigenvalue weighted by molar-refractivity contribution is 0.0696. The Labute approximate surface area is 155 Å². The summed E-state index contributed by atoms with van der Waals surface area (Å²) in [5, 5.41) is 18.0. The van der Waals surface area contributed by atoms with Gasteiger partial charge in [0.15, 0.2) is 5.82 Å². The Hall–Kier alpha value is -3.92. The van der Waals surface area contributed by atoms with Crippen molar-refractivity contribution in [1.29, 1.82) is 5.26 Å². The Morgan fingerprint density at radius 2 is 1.85 bits per heavy atom. The minimum Gasteiger partial charge on any atom is -0.495 e. The van der Waals surface area contributed by atoms with Crippen molar-refractivity contribution >= 4 is 5.97 Å². The molecule has 7 heteroatoms. The van der Waals surface area contributed by atoms with Gasteiger partial charge in [0.1, 0.15) is 24.2 Å². The van der Waals surface area contributed by atoms with Crippen molar-refractivity contribution in [2.24, 2.45) is 0 Å². The number of nitriles is 1. The second kappa shape index (κ2) is 7.97. The number of ether oxygens (including phenoxy) is 2. The smallest absolute Gasteiger partial charge is 0.338 e. The monoisotopic (exact) mass is 361 g/mol. The molecule has 27 heavy (non-hydrogen) atoms. The van der Waals surface area contributed by atoms with Crippen LogP contribution in [0.25, 0.3) is 11.4 Å². The lowest BCUT2D eigenvalue weighted by atomic mass is 10.1. The third-order valence-corrected chi connectivity index (χ3v) is 3.80. The Morgan fingerprint density at radius 3 is 2.44 bits per heavy atom. The van der Waals surface area contributed by atoms with Gasteiger partial charge >= 0.3 is 5.97 Å². The molecule has 1 N–H and O–H groups in total. The van der Waals surface area contributed by atoms with Gasteiger partial charge in [0.25, 0.3) is 0 Å². The van der Waals surface area contributed by atoms with Crippen LogP contribution in [0.2, 0.25) is 0 Å². The average molecular weight is 361 g/mol. The summed E-state index contributed by atoms with van der Waals surface area (Å²) in [6, 6.07) is 14.5. The zero-order chi connectivity index (χ0) is 19.2. The maximum absolute atomic E-state index is 10.8. The Kier molecular flexibility index (Phi) is 5.28. The predicted molar refractivity (Wildman–Crippen MR) is 96.5 cm³/mol. The first-order valence-electron chi connectivity index (χ1n) is 7.96. The molecule has 0 saturated heterocycles. The molecule has 134 valence electrons. The van der Waals surface area contributed by atoms with E-state index >= 15 is 0 Å². The number of benzene rings is 2. The summed E-state index contributed by atoms with van der Waals surface area (Å²) in [6.07, 6.45) is 2.54. The summed E-state index contributed by atoms with van der Waals surface area (Å²) in [5.74, 6) is 0.540. The largest absolute Gasteiger partial charge is 0.495 e. The SMILES string of the molecule is COc1ccc(COc2ccc(-c3ncc(C(=O)O)cn3)cc2)cc1C#N. The number of rotatable bonds is 6. The molecule has 0 aliphatic rings. The van der Waals surface area contributed by atoms with Crippen LogP contribution in [0, 0.1) is 11.3 Å². The molecule has 0 radical (unpaired) electrons. The maximum atomic E-state index is 10.8. The zero-order valence-electron chi connectivity index (χ0n) is 14.4. The van der Waals surface area contributed by atoms with Gasteiger partial charge in [0, 0.05) is 18.0 Å². The molecule has 7 nitrogen and oxygen atoms in total. The number of hydrogen-bond acceptors (Lipinski definition) is 6. The van der Waals surface area contributed by atoms with Crippen LogP contribution in [0.3, 0.4) is 0 Å². The number of nitrogens with zero attached hydrogens (tertiary/aromatic N) is 3. The highest BCUT2D eigenvalue weighted by Gasteiger charge is 2.07. The van der Waals surface area contributed by atoms with Gasteiger partial charge in [-0.2, -0.15) is 5.26 Å². The molecular formula is C20H15N3O4. The number of carboxylic acids is 1. The van der Waals surface area contributed by atoms with Crippen molar-refractivity contribution in [3.05, 3.63) is 71.5 Å². The van der Waals surface area contributed by atoms with Gasteiger partial charge in [-0.3, -0.25) is 0 Å². The van der Waals surface area contributed by atoms with E-state index in [9.17, 15) is 4.79 Å². The van der Waals surface area contributed by atoms with Gasteiger partial charge in [-0.05, 0) is 42.0 Å². The molecule has 3 rings (SSSR count). The van der Waals surface area contributed by atoms with E-state index in [4.69, 9.17) is 19.8 Å². The third-order valence-electron chi connectivity index (χ3n) is 3.80. The molecule has 3 aromatic rings. The van der Waals surface area contributed by atoms with Crippen LogP contribution in [-0.4, -0.2) is 28.2 Å². The molecule has 1 heterocycles. The first kappa shape index (κ1) is 17.9. The minimum absolute atomic E-state index is 0.0370. The second-order valence-corrected chi connectivity index (χ2v) is 5.56. The van der Waals surface area contributed by atoms with E-state index in [1.165, 1.54) is 19.5 Å². The van der Waals surface area contributed by atoms with E-state index in [1.54, 1.807) is 36.4 Å². The van der Waals surface area contributed by atoms with Gasteiger partial charge in [-0.25, -0.2) is 14.8 Å². The second-order valence-electron chi connectivity index (χ2n) is 5.56. The van der Waals surface area contributed by atoms with Crippen LogP contribution < -0.4 is 9.47 Å². The molecule has 1 aromatic heterocycles. The van der Waals surface area contributed by atoms with E-state index < -0.39 is 5.97 Å². The number of hydrogen-bond donors (Lipinski definition) is 1. The molecule has 0 aliphatic heterocycles. The molecule has 0 bridgehead atoms. The maximum Gasteiger partial charge on any atom is 0.338 e. The number of aromatic carboxylic acids is 1. The normalized spacial score (nSPS) is 10.1. The molecule has 2 aromatic carbocycles. The predicted octanol–water partition coefficient (Wildman–Crippen LogP) is 3.30. The van der Waals surface area contributed by atoms with Crippen LogP contribution in [0.5, 0.6) is 11.5 Å². The molecule has 0 aliphatic carbocycles. The van der Waals surface area contributed by atoms with Gasteiger partial charge < -0.3 is 14.6 Å². The first-order chi connectivity index (χ1) is 13.1. The molecule has 0 fully saturated rings. The van der Waals surface area contributed by atoms with Crippen molar-refractivity contribution in [2.45, 2.75) is 6.61 Å². The fourth-order valence-corrected chi connectivity index (χ4v) is 2.39. The summed E-state index contributed by atoms with van der Waals surface area (Å²) in [4.78, 5) is 18.9. The highest BCUT2D eigenvalue weighted by Crippen LogP contribution is 2.22. The lowest BCUT2D eigenvalue weighted by Gasteiger charge is -2.09. The highest BCUT2D eigenvalue weighted by molar-refractivity contribution is 5.86. The van der Waals surface area contributed by atoms with Crippen molar-refractivity contribution < 1.29 is 19.4 Å². The fourth-order valence-electron chi connectivity index (χ4n) is 2.39. The van der Waals surface area contributed by atoms with Crippen LogP contribution in [-0.2, 0) is 6.61 Å². The van der Waals surface area contributed by atoms with E-state index in [1.807, 2.05) is 6.07 Å². The summed E-state index contributed by atoms with van der Waals surface area (Å²) in [5.41, 5.74) is 2.09. The Bertz CT molecular complexity index is 993. The standard InChI is InChI=1S/C20H15N3O4/c1-26-18-7-2-13(8-15(18)9-21)12-27-17-5-3-14(4-6-17)19-22-10-16(11-23-19)20(24)25/h2-8,10-11H,12H2,1H3,(H,24,25). The lowest BCUT2D eigenvalue weighted by Crippen LogP contribution is -1.99. The summed E-state index contributed by atoms with van der Waals surface area (Å²) < 4.78 is 10.9. The highest BCUT2D eigenvalue weighted by atomic mass is 16.5. The van der Waals surface area contributed by atoms with Crippen LogP contribution in [0.15, 0.2) is 54.9 Å². The minimum atomic E-state index is -1.07. The molecular weight excluding hydrogens is 346 g/mol. The van der Waals surface area contributed by atoms with Crippen LogP contribution in [0.1, 0.15) is 21.5 Å². The summed E-state index contributed by atoms with van der Waals surface area (Å²) in [7, 11) is 1.52. The van der Waals surface area contributed by atoms with Crippen molar-refractivity contribution in [3.8, 4) is 29.0 Å². The average Bonchev–Trinajstić information content (AvgIpc) is 2.72. The Morgan fingerprint density at radius 1 is 1.15 bits per heavy atom. The van der Waals surface area contributed by atoms with E-state index in [-0.39, 0.29) is 5.56 Å². The fraction of sp³-hybridized carbons (Fsp3) is 0.100. The number of aromatic nitrogens is 2. The molecule has 0 amide bonds. The number of carbonyl (C=O) groups is 1. The van der Waals surface area contributed by atoms with E-state index in [0.717, 1.165) is 11.1 Å². The molecule has 0 spiro atoms. The van der Waals surface area contributed by atoms with Gasteiger partial charge in [0.2, 0.25) is 0 Å². The van der Waals surface area contributed by atoms with Crippen LogP contribution >= 0.6 is 0 Å². The van der Waals surface area contributed by atoms with Crippen molar-refractivity contribution in [1.82, 2.24) is 9.97 Å².